The summed E-state index contributed by atoms with van der Waals surface area (Å²) >= 11 is 3.63. The van der Waals surface area contributed by atoms with E-state index < -0.39 is 17.7 Å². The molecule has 0 bridgehead atoms. The van der Waals surface area contributed by atoms with Crippen molar-refractivity contribution >= 4 is 27.6 Å². The zero-order chi connectivity index (χ0) is 22.0. The predicted molar refractivity (Wildman–Crippen MR) is 118 cm³/mol. The van der Waals surface area contributed by atoms with Crippen LogP contribution in [0.15, 0.2) is 10.7 Å². The summed E-state index contributed by atoms with van der Waals surface area (Å²) in [7, 11) is 0. The number of hydrogen-bond donors (Lipinski definition) is 1. The van der Waals surface area contributed by atoms with Crippen LogP contribution in [0.2, 0.25) is 0 Å². The average molecular weight is 471 g/mol. The SMILES string of the molecule is CC(C)OC(=O)C(OC(C)(C)C)c1c(CO)ncc(Br)c1N1CCC(C)(C)CC1. The number of ether oxygens (including phenoxy) is 2. The number of aliphatic hydroxyl groups is 1. The zero-order valence-electron chi connectivity index (χ0n) is 18.7. The van der Waals surface area contributed by atoms with E-state index in [2.05, 4.69) is 39.7 Å². The Kier molecular flexibility index (Phi) is 7.74. The molecule has 0 spiro atoms. The Morgan fingerprint density at radius 1 is 1.31 bits per heavy atom. The second kappa shape index (κ2) is 9.31. The first-order chi connectivity index (χ1) is 13.3. The molecule has 1 N–H and O–H groups in total. The van der Waals surface area contributed by atoms with Crippen molar-refractivity contribution < 1.29 is 19.4 Å². The average Bonchev–Trinajstić information content (AvgIpc) is 2.58. The van der Waals surface area contributed by atoms with Crippen LogP contribution in [0.1, 0.15) is 78.7 Å². The van der Waals surface area contributed by atoms with E-state index in [1.54, 1.807) is 6.20 Å². The van der Waals surface area contributed by atoms with E-state index in [1.807, 2.05) is 34.6 Å². The van der Waals surface area contributed by atoms with Crippen molar-refractivity contribution in [2.75, 3.05) is 18.0 Å². The minimum absolute atomic E-state index is 0.273. The predicted octanol–water partition coefficient (Wildman–Crippen LogP) is 4.77. The number of esters is 1. The van der Waals surface area contributed by atoms with Gasteiger partial charge in [-0.15, -0.1) is 0 Å². The lowest BCUT2D eigenvalue weighted by Gasteiger charge is -2.40. The summed E-state index contributed by atoms with van der Waals surface area (Å²) in [6, 6.07) is 0. The van der Waals surface area contributed by atoms with E-state index in [4.69, 9.17) is 9.47 Å². The van der Waals surface area contributed by atoms with Crippen LogP contribution in [0.3, 0.4) is 0 Å². The molecule has 0 aromatic carbocycles. The van der Waals surface area contributed by atoms with Crippen LogP contribution in [-0.4, -0.2) is 40.9 Å². The van der Waals surface area contributed by atoms with E-state index in [9.17, 15) is 9.90 Å². The van der Waals surface area contributed by atoms with Gasteiger partial charge in [0, 0.05) is 24.8 Å². The van der Waals surface area contributed by atoms with E-state index >= 15 is 0 Å². The lowest BCUT2D eigenvalue weighted by atomic mass is 9.82. The number of rotatable bonds is 6. The van der Waals surface area contributed by atoms with Crippen molar-refractivity contribution in [2.45, 2.75) is 85.7 Å². The summed E-state index contributed by atoms with van der Waals surface area (Å²) < 4.78 is 12.5. The number of aromatic nitrogens is 1. The number of nitrogens with zero attached hydrogens (tertiary/aromatic N) is 2. The van der Waals surface area contributed by atoms with Crippen LogP contribution in [0.5, 0.6) is 0 Å². The van der Waals surface area contributed by atoms with E-state index in [1.165, 1.54) is 0 Å². The monoisotopic (exact) mass is 470 g/mol. The fraction of sp³-hybridized carbons (Fsp3) is 0.727. The van der Waals surface area contributed by atoms with Crippen LogP contribution < -0.4 is 4.90 Å². The summed E-state index contributed by atoms with van der Waals surface area (Å²) in [5.74, 6) is -0.469. The molecule has 0 saturated carbocycles. The summed E-state index contributed by atoms with van der Waals surface area (Å²) in [4.78, 5) is 19.7. The van der Waals surface area contributed by atoms with E-state index in [0.717, 1.165) is 36.1 Å². The second-order valence-corrected chi connectivity index (χ2v) is 10.6. The third-order valence-electron chi connectivity index (χ3n) is 5.01. The lowest BCUT2D eigenvalue weighted by molar-refractivity contribution is -0.171. The quantitative estimate of drug-likeness (QED) is 0.603. The molecule has 1 aromatic rings. The number of carbonyl (C=O) groups excluding carboxylic acids is 1. The van der Waals surface area contributed by atoms with Gasteiger partial charge in [0.15, 0.2) is 6.10 Å². The molecule has 1 fully saturated rings. The molecule has 29 heavy (non-hydrogen) atoms. The van der Waals surface area contributed by atoms with Gasteiger partial charge in [-0.3, -0.25) is 4.98 Å². The molecule has 1 aliphatic heterocycles. The number of pyridine rings is 1. The van der Waals surface area contributed by atoms with Gasteiger partial charge in [-0.2, -0.15) is 0 Å². The van der Waals surface area contributed by atoms with Crippen molar-refractivity contribution in [3.05, 3.63) is 21.9 Å². The Morgan fingerprint density at radius 2 is 1.90 bits per heavy atom. The third-order valence-corrected chi connectivity index (χ3v) is 5.59. The van der Waals surface area contributed by atoms with Gasteiger partial charge >= 0.3 is 5.97 Å². The van der Waals surface area contributed by atoms with Crippen molar-refractivity contribution in [3.63, 3.8) is 0 Å². The summed E-state index contributed by atoms with van der Waals surface area (Å²) in [6.45, 7) is 15.3. The van der Waals surface area contributed by atoms with E-state index in [-0.39, 0.29) is 18.1 Å². The Labute approximate surface area is 183 Å². The van der Waals surface area contributed by atoms with Crippen LogP contribution in [0.25, 0.3) is 0 Å². The maximum absolute atomic E-state index is 13.1. The smallest absolute Gasteiger partial charge is 0.340 e. The summed E-state index contributed by atoms with van der Waals surface area (Å²) in [6.07, 6.45) is 2.51. The zero-order valence-corrected chi connectivity index (χ0v) is 20.3. The Hall–Kier alpha value is -1.18. The molecule has 2 heterocycles. The molecular formula is C22H35BrN2O4. The highest BCUT2D eigenvalue weighted by Gasteiger charge is 2.37. The summed E-state index contributed by atoms with van der Waals surface area (Å²) in [5.41, 5.74) is 1.57. The minimum Gasteiger partial charge on any atom is -0.461 e. The molecule has 1 aliphatic rings. The van der Waals surface area contributed by atoms with Gasteiger partial charge in [0.25, 0.3) is 0 Å². The number of piperidine rings is 1. The topological polar surface area (TPSA) is 71.9 Å². The molecule has 2 rings (SSSR count). The van der Waals surface area contributed by atoms with Crippen molar-refractivity contribution in [1.29, 1.82) is 0 Å². The standard InChI is InChI=1S/C22H35BrN2O4/c1-14(2)28-20(27)19(29-21(3,4)5)17-16(13-26)24-12-15(23)18(17)25-10-8-22(6,7)9-11-25/h12,14,19,26H,8-11,13H2,1-7H3. The van der Waals surface area contributed by atoms with Gasteiger partial charge in [-0.05, 0) is 68.8 Å². The molecule has 0 aliphatic carbocycles. The molecule has 1 unspecified atom stereocenters. The maximum Gasteiger partial charge on any atom is 0.340 e. The molecule has 0 amide bonds. The van der Waals surface area contributed by atoms with Crippen molar-refractivity contribution in [1.82, 2.24) is 4.98 Å². The molecule has 1 atom stereocenters. The maximum atomic E-state index is 13.1. The second-order valence-electron chi connectivity index (χ2n) is 9.72. The van der Waals surface area contributed by atoms with Gasteiger partial charge in [0.2, 0.25) is 0 Å². The first-order valence-electron chi connectivity index (χ1n) is 10.3. The van der Waals surface area contributed by atoms with Crippen LogP contribution in [0.4, 0.5) is 5.69 Å². The van der Waals surface area contributed by atoms with Gasteiger partial charge in [0.05, 0.1) is 34.2 Å². The molecule has 7 heteroatoms. The Balaban J connectivity index is 2.59. The molecule has 0 radical (unpaired) electrons. The van der Waals surface area contributed by atoms with Crippen LogP contribution in [-0.2, 0) is 20.9 Å². The normalized spacial score (nSPS) is 18.1. The third kappa shape index (κ3) is 6.40. The van der Waals surface area contributed by atoms with Gasteiger partial charge < -0.3 is 19.5 Å². The molecule has 6 nitrogen and oxygen atoms in total. The number of hydrogen-bond acceptors (Lipinski definition) is 6. The highest BCUT2D eigenvalue weighted by atomic mass is 79.9. The first kappa shape index (κ1) is 24.1. The van der Waals surface area contributed by atoms with Gasteiger partial charge in [-0.1, -0.05) is 13.8 Å². The molecule has 1 aromatic heterocycles. The fourth-order valence-corrected chi connectivity index (χ4v) is 4.03. The fourth-order valence-electron chi connectivity index (χ4n) is 3.46. The first-order valence-corrected chi connectivity index (χ1v) is 11.1. The number of anilines is 1. The van der Waals surface area contributed by atoms with Gasteiger partial charge in [0.1, 0.15) is 0 Å². The molecule has 1 saturated heterocycles. The Morgan fingerprint density at radius 3 is 2.38 bits per heavy atom. The molecule has 164 valence electrons. The van der Waals surface area contributed by atoms with Crippen LogP contribution >= 0.6 is 15.9 Å². The number of aliphatic hydroxyl groups excluding tert-OH is 1. The van der Waals surface area contributed by atoms with E-state index in [0.29, 0.717) is 11.3 Å². The highest BCUT2D eigenvalue weighted by Crippen LogP contribution is 2.42. The molecular weight excluding hydrogens is 436 g/mol. The minimum atomic E-state index is -0.977. The number of halogens is 1. The van der Waals surface area contributed by atoms with Crippen molar-refractivity contribution in [2.24, 2.45) is 5.41 Å². The highest BCUT2D eigenvalue weighted by molar-refractivity contribution is 9.10. The largest absolute Gasteiger partial charge is 0.461 e. The van der Waals surface area contributed by atoms with Crippen molar-refractivity contribution in [3.8, 4) is 0 Å². The van der Waals surface area contributed by atoms with Crippen LogP contribution in [0, 0.1) is 5.41 Å². The number of carbonyl (C=O) groups is 1. The van der Waals surface area contributed by atoms with Gasteiger partial charge in [-0.25, -0.2) is 4.79 Å². The summed E-state index contributed by atoms with van der Waals surface area (Å²) in [5, 5.41) is 10.0. The Bertz CT molecular complexity index is 718. The lowest BCUT2D eigenvalue weighted by Crippen LogP contribution is -2.39.